The van der Waals surface area contributed by atoms with Crippen molar-refractivity contribution < 1.29 is 4.79 Å². The number of benzene rings is 1. The molecule has 1 amide bonds. The molecule has 0 aliphatic carbocycles. The highest BCUT2D eigenvalue weighted by molar-refractivity contribution is 5.93. The number of likely N-dealkylation sites (N-methyl/N-ethyl adjacent to an activating group) is 1. The van der Waals surface area contributed by atoms with Crippen molar-refractivity contribution in [2.24, 2.45) is 0 Å². The molecule has 0 aliphatic rings. The monoisotopic (exact) mass is 296 g/mol. The van der Waals surface area contributed by atoms with Crippen LogP contribution < -0.4 is 10.6 Å². The van der Waals surface area contributed by atoms with Gasteiger partial charge in [-0.1, -0.05) is 24.3 Å². The number of fused-ring (bicyclic) bond motifs is 1. The number of rotatable bonds is 4. The van der Waals surface area contributed by atoms with Gasteiger partial charge in [0.05, 0.1) is 0 Å². The molecule has 6 nitrogen and oxygen atoms in total. The Labute approximate surface area is 127 Å². The van der Waals surface area contributed by atoms with Gasteiger partial charge in [0.1, 0.15) is 6.54 Å². The van der Waals surface area contributed by atoms with E-state index in [-0.39, 0.29) is 18.1 Å². The van der Waals surface area contributed by atoms with Gasteiger partial charge in [-0.25, -0.2) is 9.48 Å². The van der Waals surface area contributed by atoms with Crippen LogP contribution in [0.15, 0.2) is 59.5 Å². The highest BCUT2D eigenvalue weighted by Crippen LogP contribution is 2.13. The van der Waals surface area contributed by atoms with Gasteiger partial charge in [-0.2, -0.15) is 0 Å². The van der Waals surface area contributed by atoms with Crippen molar-refractivity contribution in [3.8, 4) is 0 Å². The van der Waals surface area contributed by atoms with Crippen LogP contribution in [-0.2, 0) is 11.3 Å². The molecule has 0 N–H and O–H groups in total. The zero-order chi connectivity index (χ0) is 15.5. The second-order valence-corrected chi connectivity index (χ2v) is 4.84. The quantitative estimate of drug-likeness (QED) is 0.734. The number of hydrogen-bond donors (Lipinski definition) is 0. The lowest BCUT2D eigenvalue weighted by atomic mass is 10.3. The van der Waals surface area contributed by atoms with E-state index in [1.54, 1.807) is 29.3 Å². The van der Waals surface area contributed by atoms with Crippen molar-refractivity contribution in [3.63, 3.8) is 0 Å². The molecular formula is C16H16N4O2. The minimum Gasteiger partial charge on any atom is -0.311 e. The summed E-state index contributed by atoms with van der Waals surface area (Å²) in [6, 6.07) is 14.7. The van der Waals surface area contributed by atoms with E-state index in [1.807, 2.05) is 37.3 Å². The van der Waals surface area contributed by atoms with E-state index in [9.17, 15) is 9.59 Å². The number of aromatic nitrogens is 3. The highest BCUT2D eigenvalue weighted by atomic mass is 16.2. The first kappa shape index (κ1) is 14.1. The molecular weight excluding hydrogens is 280 g/mol. The predicted octanol–water partition coefficient (Wildman–Crippen LogP) is 1.55. The van der Waals surface area contributed by atoms with E-state index in [0.717, 1.165) is 5.69 Å². The molecule has 1 aromatic carbocycles. The van der Waals surface area contributed by atoms with Crippen LogP contribution in [0.4, 0.5) is 5.69 Å². The van der Waals surface area contributed by atoms with Crippen molar-refractivity contribution >= 4 is 17.2 Å². The van der Waals surface area contributed by atoms with E-state index >= 15 is 0 Å². The fraction of sp³-hybridized carbons (Fsp3) is 0.188. The molecule has 3 aromatic rings. The van der Waals surface area contributed by atoms with E-state index in [2.05, 4.69) is 5.10 Å². The number of anilines is 1. The second kappa shape index (κ2) is 5.85. The Kier molecular flexibility index (Phi) is 3.74. The van der Waals surface area contributed by atoms with Gasteiger partial charge < -0.3 is 4.90 Å². The Morgan fingerprint density at radius 1 is 1.14 bits per heavy atom. The van der Waals surface area contributed by atoms with Gasteiger partial charge >= 0.3 is 5.69 Å². The molecule has 6 heteroatoms. The maximum atomic E-state index is 12.5. The average Bonchev–Trinajstić information content (AvgIpc) is 2.86. The lowest BCUT2D eigenvalue weighted by molar-refractivity contribution is -0.119. The third kappa shape index (κ3) is 2.50. The number of hydrogen-bond acceptors (Lipinski definition) is 3. The summed E-state index contributed by atoms with van der Waals surface area (Å²) in [6.07, 6.45) is 1.64. The first-order valence-electron chi connectivity index (χ1n) is 7.10. The number of carbonyl (C=O) groups excluding carboxylic acids is 1. The van der Waals surface area contributed by atoms with Gasteiger partial charge in [-0.3, -0.25) is 9.20 Å². The van der Waals surface area contributed by atoms with E-state index in [1.165, 1.54) is 9.08 Å². The van der Waals surface area contributed by atoms with Gasteiger partial charge in [-0.05, 0) is 31.2 Å². The number of pyridine rings is 1. The summed E-state index contributed by atoms with van der Waals surface area (Å²) in [7, 11) is 0. The summed E-state index contributed by atoms with van der Waals surface area (Å²) in [5.74, 6) is -0.167. The third-order valence-corrected chi connectivity index (χ3v) is 3.46. The van der Waals surface area contributed by atoms with E-state index in [0.29, 0.717) is 12.2 Å². The summed E-state index contributed by atoms with van der Waals surface area (Å²) < 4.78 is 2.62. The summed E-state index contributed by atoms with van der Waals surface area (Å²) in [5.41, 5.74) is 1.03. The Hall–Kier alpha value is -2.89. The maximum absolute atomic E-state index is 12.5. The molecule has 2 heterocycles. The van der Waals surface area contributed by atoms with Crippen molar-refractivity contribution in [1.82, 2.24) is 14.2 Å². The van der Waals surface area contributed by atoms with Crippen molar-refractivity contribution in [2.45, 2.75) is 13.5 Å². The Balaban J connectivity index is 1.89. The van der Waals surface area contributed by atoms with Crippen molar-refractivity contribution in [2.75, 3.05) is 11.4 Å². The van der Waals surface area contributed by atoms with Crippen LogP contribution in [0.2, 0.25) is 0 Å². The number of carbonyl (C=O) groups is 1. The molecule has 0 atom stereocenters. The smallest absolute Gasteiger partial charge is 0.311 e. The minimum atomic E-state index is -0.312. The van der Waals surface area contributed by atoms with E-state index < -0.39 is 0 Å². The largest absolute Gasteiger partial charge is 0.350 e. The fourth-order valence-corrected chi connectivity index (χ4v) is 2.40. The van der Waals surface area contributed by atoms with Crippen LogP contribution in [0.1, 0.15) is 6.92 Å². The summed E-state index contributed by atoms with van der Waals surface area (Å²) in [4.78, 5) is 26.3. The zero-order valence-electron chi connectivity index (χ0n) is 12.2. The highest BCUT2D eigenvalue weighted by Gasteiger charge is 2.16. The van der Waals surface area contributed by atoms with Crippen molar-refractivity contribution in [3.05, 3.63) is 65.2 Å². The normalized spacial score (nSPS) is 10.8. The summed E-state index contributed by atoms with van der Waals surface area (Å²) in [6.45, 7) is 2.35. The van der Waals surface area contributed by atoms with Crippen LogP contribution in [0, 0.1) is 0 Å². The molecule has 3 rings (SSSR count). The van der Waals surface area contributed by atoms with Crippen molar-refractivity contribution in [1.29, 1.82) is 0 Å². The molecule has 0 unspecified atom stereocenters. The zero-order valence-corrected chi connectivity index (χ0v) is 12.2. The first-order chi connectivity index (χ1) is 10.7. The Morgan fingerprint density at radius 2 is 1.86 bits per heavy atom. The maximum Gasteiger partial charge on any atom is 0.350 e. The standard InChI is InChI=1S/C16H16N4O2/c1-2-18(13-8-4-3-5-9-13)15(21)12-20-16(22)19-11-7-6-10-14(19)17-20/h3-11H,2,12H2,1H3. The van der Waals surface area contributed by atoms with Gasteiger partial charge in [0.15, 0.2) is 5.65 Å². The molecule has 0 saturated heterocycles. The van der Waals surface area contributed by atoms with Crippen LogP contribution in [0.25, 0.3) is 5.65 Å². The molecule has 0 spiro atoms. The minimum absolute atomic E-state index is 0.0801. The lowest BCUT2D eigenvalue weighted by Crippen LogP contribution is -2.36. The fourth-order valence-electron chi connectivity index (χ4n) is 2.40. The van der Waals surface area contributed by atoms with Gasteiger partial charge in [0, 0.05) is 18.4 Å². The summed E-state index contributed by atoms with van der Waals surface area (Å²) in [5, 5.41) is 4.18. The molecule has 0 bridgehead atoms. The third-order valence-electron chi connectivity index (χ3n) is 3.46. The average molecular weight is 296 g/mol. The van der Waals surface area contributed by atoms with Gasteiger partial charge in [-0.15, -0.1) is 5.10 Å². The molecule has 0 saturated carbocycles. The topological polar surface area (TPSA) is 59.6 Å². The van der Waals surface area contributed by atoms with E-state index in [4.69, 9.17) is 0 Å². The molecule has 22 heavy (non-hydrogen) atoms. The van der Waals surface area contributed by atoms with Gasteiger partial charge in [0.2, 0.25) is 5.91 Å². The second-order valence-electron chi connectivity index (χ2n) is 4.84. The predicted molar refractivity (Wildman–Crippen MR) is 83.9 cm³/mol. The number of para-hydroxylation sites is 1. The lowest BCUT2D eigenvalue weighted by Gasteiger charge is -2.20. The summed E-state index contributed by atoms with van der Waals surface area (Å²) >= 11 is 0. The molecule has 0 radical (unpaired) electrons. The van der Waals surface area contributed by atoms with Crippen LogP contribution in [0.3, 0.4) is 0 Å². The number of amides is 1. The molecule has 112 valence electrons. The van der Waals surface area contributed by atoms with Crippen LogP contribution in [-0.4, -0.2) is 26.6 Å². The molecule has 0 fully saturated rings. The molecule has 2 aromatic heterocycles. The first-order valence-corrected chi connectivity index (χ1v) is 7.10. The van der Waals surface area contributed by atoms with Crippen LogP contribution in [0.5, 0.6) is 0 Å². The Morgan fingerprint density at radius 3 is 2.55 bits per heavy atom. The van der Waals surface area contributed by atoms with Crippen LogP contribution >= 0.6 is 0 Å². The van der Waals surface area contributed by atoms with Gasteiger partial charge in [0.25, 0.3) is 0 Å². The Bertz CT molecular complexity index is 851. The SMILES string of the molecule is CCN(C(=O)Cn1nc2ccccn2c1=O)c1ccccc1. The molecule has 0 aliphatic heterocycles. The number of nitrogens with zero attached hydrogens (tertiary/aromatic N) is 4.